The van der Waals surface area contributed by atoms with Crippen molar-refractivity contribution < 1.29 is 0 Å². The number of hydrogen-bond acceptors (Lipinski definition) is 0. The molecule has 3 aromatic carbocycles. The van der Waals surface area contributed by atoms with Gasteiger partial charge in [0.05, 0.1) is 0 Å². The van der Waals surface area contributed by atoms with Crippen LogP contribution >= 0.6 is 0 Å². The fourth-order valence-electron chi connectivity index (χ4n) is 2.38. The van der Waals surface area contributed by atoms with Gasteiger partial charge in [-0.3, -0.25) is 0 Å². The van der Waals surface area contributed by atoms with Crippen molar-refractivity contribution >= 4 is 21.5 Å². The molecule has 0 aliphatic heterocycles. The minimum atomic E-state index is 0.902. The molecule has 1 radical (unpaired) electrons. The molecule has 81 valence electrons. The van der Waals surface area contributed by atoms with Gasteiger partial charge in [0.1, 0.15) is 0 Å². The molecule has 0 spiro atoms. The fourth-order valence-corrected chi connectivity index (χ4v) is 2.38. The largest absolute Gasteiger partial charge is 0.103 e. The molecule has 0 saturated carbocycles. The maximum atomic E-state index is 3.83. The first-order chi connectivity index (χ1) is 8.40. The van der Waals surface area contributed by atoms with Crippen LogP contribution in [0.5, 0.6) is 0 Å². The van der Waals surface area contributed by atoms with Crippen LogP contribution in [0.1, 0.15) is 5.56 Å². The van der Waals surface area contributed by atoms with Crippen LogP contribution in [0.25, 0.3) is 21.5 Å². The third kappa shape index (κ3) is 1.62. The van der Waals surface area contributed by atoms with Gasteiger partial charge in [-0.2, -0.15) is 0 Å². The van der Waals surface area contributed by atoms with E-state index in [-0.39, 0.29) is 0 Å². The first-order valence-electron chi connectivity index (χ1n) is 5.82. The molecular weight excluding hydrogens is 204 g/mol. The molecule has 0 amide bonds. The molecule has 0 saturated heterocycles. The van der Waals surface area contributed by atoms with Crippen molar-refractivity contribution in [2.24, 2.45) is 0 Å². The third-order valence-corrected chi connectivity index (χ3v) is 3.14. The molecule has 0 aliphatic rings. The SMILES string of the molecule is C=CCc1cc[c]c2ccc3ccccc3c12. The number of rotatable bonds is 2. The van der Waals surface area contributed by atoms with Gasteiger partial charge in [0.25, 0.3) is 0 Å². The summed E-state index contributed by atoms with van der Waals surface area (Å²) in [5.41, 5.74) is 1.32. The predicted octanol–water partition coefficient (Wildman–Crippen LogP) is 4.52. The summed E-state index contributed by atoms with van der Waals surface area (Å²) < 4.78 is 0. The summed E-state index contributed by atoms with van der Waals surface area (Å²) in [5.74, 6) is 0. The summed E-state index contributed by atoms with van der Waals surface area (Å²) in [6.45, 7) is 3.83. The van der Waals surface area contributed by atoms with Crippen LogP contribution in [0.3, 0.4) is 0 Å². The minimum absolute atomic E-state index is 0.902. The number of hydrogen-bond donors (Lipinski definition) is 0. The fraction of sp³-hybridized carbons (Fsp3) is 0.0588. The number of fused-ring (bicyclic) bond motifs is 3. The standard InChI is InChI=1S/C17H13/c1-2-6-14-8-5-9-15-12-11-13-7-3-4-10-16(13)17(14)15/h2-5,7-8,10-12H,1,6H2. The molecule has 0 fully saturated rings. The molecule has 0 bridgehead atoms. The van der Waals surface area contributed by atoms with E-state index in [9.17, 15) is 0 Å². The summed E-state index contributed by atoms with van der Waals surface area (Å²) in [6, 6.07) is 20.2. The zero-order chi connectivity index (χ0) is 11.7. The molecule has 0 heteroatoms. The summed E-state index contributed by atoms with van der Waals surface area (Å²) in [7, 11) is 0. The van der Waals surface area contributed by atoms with Gasteiger partial charge in [-0.05, 0) is 39.6 Å². The molecule has 0 N–H and O–H groups in total. The zero-order valence-electron chi connectivity index (χ0n) is 9.61. The van der Waals surface area contributed by atoms with Crippen LogP contribution in [0.4, 0.5) is 0 Å². The highest BCUT2D eigenvalue weighted by atomic mass is 14.1. The number of benzene rings is 3. The second-order valence-corrected chi connectivity index (χ2v) is 4.20. The lowest BCUT2D eigenvalue weighted by molar-refractivity contribution is 1.31. The maximum Gasteiger partial charge on any atom is -0.00639 e. The average Bonchev–Trinajstić information content (AvgIpc) is 2.39. The minimum Gasteiger partial charge on any atom is -0.103 e. The van der Waals surface area contributed by atoms with Crippen molar-refractivity contribution in [1.82, 2.24) is 0 Å². The Bertz CT molecular complexity index is 693. The Morgan fingerprint density at radius 2 is 1.94 bits per heavy atom. The Morgan fingerprint density at radius 3 is 2.82 bits per heavy atom. The molecule has 0 aromatic heterocycles. The summed E-state index contributed by atoms with van der Waals surface area (Å²) in [5, 5.41) is 5.08. The molecular formula is C17H13. The summed E-state index contributed by atoms with van der Waals surface area (Å²) in [6.07, 6.45) is 2.86. The van der Waals surface area contributed by atoms with E-state index in [4.69, 9.17) is 0 Å². The van der Waals surface area contributed by atoms with Crippen molar-refractivity contribution in [2.45, 2.75) is 6.42 Å². The van der Waals surface area contributed by atoms with Crippen LogP contribution in [-0.2, 0) is 6.42 Å². The topological polar surface area (TPSA) is 0 Å². The Morgan fingerprint density at radius 1 is 1.06 bits per heavy atom. The first-order valence-corrected chi connectivity index (χ1v) is 5.82. The molecule has 0 atom stereocenters. The Hall–Kier alpha value is -2.08. The van der Waals surface area contributed by atoms with Crippen LogP contribution in [0, 0.1) is 6.07 Å². The Kier molecular flexibility index (Phi) is 2.41. The predicted molar refractivity (Wildman–Crippen MR) is 74.2 cm³/mol. The van der Waals surface area contributed by atoms with Crippen molar-refractivity contribution in [2.75, 3.05) is 0 Å². The van der Waals surface area contributed by atoms with Gasteiger partial charge in [-0.1, -0.05) is 54.6 Å². The Balaban J connectivity index is 2.49. The number of allylic oxidation sites excluding steroid dienone is 1. The third-order valence-electron chi connectivity index (χ3n) is 3.14. The molecule has 17 heavy (non-hydrogen) atoms. The van der Waals surface area contributed by atoms with Crippen LogP contribution in [-0.4, -0.2) is 0 Å². The highest BCUT2D eigenvalue weighted by molar-refractivity contribution is 6.08. The highest BCUT2D eigenvalue weighted by Crippen LogP contribution is 2.28. The second kappa shape index (κ2) is 4.06. The average molecular weight is 217 g/mol. The molecule has 0 unspecified atom stereocenters. The van der Waals surface area contributed by atoms with E-state index in [1.165, 1.54) is 27.1 Å². The van der Waals surface area contributed by atoms with E-state index in [0.717, 1.165) is 6.42 Å². The second-order valence-electron chi connectivity index (χ2n) is 4.20. The van der Waals surface area contributed by atoms with E-state index < -0.39 is 0 Å². The molecule has 3 aromatic rings. The van der Waals surface area contributed by atoms with Crippen LogP contribution < -0.4 is 0 Å². The molecule has 0 aliphatic carbocycles. The summed E-state index contributed by atoms with van der Waals surface area (Å²) >= 11 is 0. The van der Waals surface area contributed by atoms with Gasteiger partial charge in [0.2, 0.25) is 0 Å². The lowest BCUT2D eigenvalue weighted by Crippen LogP contribution is -1.86. The smallest absolute Gasteiger partial charge is 0.00639 e. The van der Waals surface area contributed by atoms with Crippen molar-refractivity contribution in [3.05, 3.63) is 72.8 Å². The van der Waals surface area contributed by atoms with Gasteiger partial charge in [-0.15, -0.1) is 6.58 Å². The Labute approximate surface area is 101 Å². The van der Waals surface area contributed by atoms with Gasteiger partial charge >= 0.3 is 0 Å². The van der Waals surface area contributed by atoms with Gasteiger partial charge in [0.15, 0.2) is 0 Å². The molecule has 0 heterocycles. The lowest BCUT2D eigenvalue weighted by Gasteiger charge is -2.08. The zero-order valence-corrected chi connectivity index (χ0v) is 9.61. The quantitative estimate of drug-likeness (QED) is 0.437. The highest BCUT2D eigenvalue weighted by Gasteiger charge is 2.04. The lowest BCUT2D eigenvalue weighted by atomic mass is 9.96. The van der Waals surface area contributed by atoms with Gasteiger partial charge in [-0.25, -0.2) is 0 Å². The maximum absolute atomic E-state index is 3.83. The van der Waals surface area contributed by atoms with Gasteiger partial charge < -0.3 is 0 Å². The van der Waals surface area contributed by atoms with Crippen molar-refractivity contribution in [1.29, 1.82) is 0 Å². The van der Waals surface area contributed by atoms with Crippen molar-refractivity contribution in [3.8, 4) is 0 Å². The van der Waals surface area contributed by atoms with E-state index in [1.807, 2.05) is 12.1 Å². The van der Waals surface area contributed by atoms with E-state index >= 15 is 0 Å². The van der Waals surface area contributed by atoms with Crippen LogP contribution in [0.15, 0.2) is 61.2 Å². The monoisotopic (exact) mass is 217 g/mol. The van der Waals surface area contributed by atoms with E-state index in [0.29, 0.717) is 0 Å². The van der Waals surface area contributed by atoms with Gasteiger partial charge in [0, 0.05) is 0 Å². The van der Waals surface area contributed by atoms with E-state index in [1.54, 1.807) is 0 Å². The normalized spacial score (nSPS) is 10.8. The van der Waals surface area contributed by atoms with E-state index in [2.05, 4.69) is 55.1 Å². The molecule has 3 rings (SSSR count). The van der Waals surface area contributed by atoms with Crippen LogP contribution in [0.2, 0.25) is 0 Å². The van der Waals surface area contributed by atoms with Crippen molar-refractivity contribution in [3.63, 3.8) is 0 Å². The first kappa shape index (κ1) is 10.1. The molecule has 0 nitrogen and oxygen atoms in total. The summed E-state index contributed by atoms with van der Waals surface area (Å²) in [4.78, 5) is 0.